The zero-order valence-corrected chi connectivity index (χ0v) is 5.86. The Kier molecular flexibility index (Phi) is 1.41. The number of aromatic nitrogens is 1. The molecule has 0 spiro atoms. The second-order valence-electron chi connectivity index (χ2n) is 2.20. The minimum atomic E-state index is 0.897. The fourth-order valence-corrected chi connectivity index (χ4v) is 0.947. The average Bonchev–Trinajstić information content (AvgIpc) is 2.28. The summed E-state index contributed by atoms with van der Waals surface area (Å²) >= 11 is 0. The quantitative estimate of drug-likeness (QED) is 0.591. The second-order valence-corrected chi connectivity index (χ2v) is 2.20. The topological polar surface area (TPSA) is 37.3 Å². The number of hydrogen-bond donors (Lipinski definition) is 1. The van der Waals surface area contributed by atoms with E-state index in [0.717, 1.165) is 11.3 Å². The van der Waals surface area contributed by atoms with E-state index in [0.29, 0.717) is 0 Å². The molecule has 1 aliphatic heterocycles. The molecule has 0 atom stereocenters. The predicted octanol–water partition coefficient (Wildman–Crippen LogP) is 0.989. The maximum absolute atomic E-state index is 4.14. The fraction of sp³-hybridized carbons (Fsp3) is 0. The van der Waals surface area contributed by atoms with Crippen LogP contribution < -0.4 is 5.43 Å². The largest absolute Gasteiger partial charge is 0.286 e. The molecule has 3 nitrogen and oxygen atoms in total. The molecule has 54 valence electrons. The van der Waals surface area contributed by atoms with Gasteiger partial charge in [-0.25, -0.2) is 0 Å². The number of nitrogens with zero attached hydrogens (tertiary/aromatic N) is 2. The predicted molar refractivity (Wildman–Crippen MR) is 44.0 cm³/mol. The van der Waals surface area contributed by atoms with E-state index in [9.17, 15) is 0 Å². The Morgan fingerprint density at radius 1 is 1.36 bits per heavy atom. The maximum Gasteiger partial charge on any atom is 0.0903 e. The molecular weight excluding hydrogens is 138 g/mol. The van der Waals surface area contributed by atoms with E-state index in [1.807, 2.05) is 18.2 Å². The summed E-state index contributed by atoms with van der Waals surface area (Å²) in [5, 5.41) is 3.89. The lowest BCUT2D eigenvalue weighted by Gasteiger charge is -1.93. The van der Waals surface area contributed by atoms with E-state index in [1.54, 1.807) is 18.6 Å². The lowest BCUT2D eigenvalue weighted by Crippen LogP contribution is -1.92. The van der Waals surface area contributed by atoms with E-state index >= 15 is 0 Å². The van der Waals surface area contributed by atoms with E-state index in [2.05, 4.69) is 15.5 Å². The van der Waals surface area contributed by atoms with Crippen LogP contribution in [0.2, 0.25) is 0 Å². The van der Waals surface area contributed by atoms with Crippen LogP contribution in [0.4, 0.5) is 0 Å². The van der Waals surface area contributed by atoms with Crippen molar-refractivity contribution in [1.29, 1.82) is 0 Å². The Morgan fingerprint density at radius 3 is 3.36 bits per heavy atom. The fourth-order valence-electron chi connectivity index (χ4n) is 0.947. The van der Waals surface area contributed by atoms with Crippen molar-refractivity contribution in [3.63, 3.8) is 0 Å². The Morgan fingerprint density at radius 2 is 2.36 bits per heavy atom. The third-order valence-corrected chi connectivity index (χ3v) is 1.47. The summed E-state index contributed by atoms with van der Waals surface area (Å²) in [6, 6.07) is 3.90. The summed E-state index contributed by atoms with van der Waals surface area (Å²) in [7, 11) is 0. The lowest BCUT2D eigenvalue weighted by molar-refractivity contribution is 0.984. The number of hydrazone groups is 1. The van der Waals surface area contributed by atoms with E-state index < -0.39 is 0 Å². The summed E-state index contributed by atoms with van der Waals surface area (Å²) in [5.74, 6) is 0. The van der Waals surface area contributed by atoms with Gasteiger partial charge < -0.3 is 0 Å². The van der Waals surface area contributed by atoms with Gasteiger partial charge in [0.1, 0.15) is 0 Å². The highest BCUT2D eigenvalue weighted by atomic mass is 15.3. The van der Waals surface area contributed by atoms with E-state index in [1.165, 1.54) is 0 Å². The first kappa shape index (κ1) is 6.09. The van der Waals surface area contributed by atoms with E-state index in [4.69, 9.17) is 0 Å². The highest BCUT2D eigenvalue weighted by molar-refractivity contribution is 5.83. The molecule has 1 aromatic rings. The Labute approximate surface area is 64.5 Å². The van der Waals surface area contributed by atoms with Gasteiger partial charge in [-0.2, -0.15) is 5.10 Å². The van der Waals surface area contributed by atoms with Crippen molar-refractivity contribution >= 4 is 12.3 Å². The molecule has 11 heavy (non-hydrogen) atoms. The first-order chi connectivity index (χ1) is 5.47. The van der Waals surface area contributed by atoms with Gasteiger partial charge in [-0.05, 0) is 12.1 Å². The summed E-state index contributed by atoms with van der Waals surface area (Å²) < 4.78 is 0. The van der Waals surface area contributed by atoms with Gasteiger partial charge in [0.05, 0.1) is 11.9 Å². The van der Waals surface area contributed by atoms with Gasteiger partial charge in [0.2, 0.25) is 0 Å². The van der Waals surface area contributed by atoms with Gasteiger partial charge >= 0.3 is 0 Å². The van der Waals surface area contributed by atoms with Crippen LogP contribution in [0.3, 0.4) is 0 Å². The Hall–Kier alpha value is -1.64. The molecule has 1 aliphatic rings. The number of fused-ring (bicyclic) bond motifs is 1. The molecular formula is C8H7N3. The molecule has 0 saturated heterocycles. The van der Waals surface area contributed by atoms with Crippen molar-refractivity contribution < 1.29 is 0 Å². The molecule has 0 unspecified atom stereocenters. The summed E-state index contributed by atoms with van der Waals surface area (Å²) in [6.07, 6.45) is 7.18. The van der Waals surface area contributed by atoms with Crippen LogP contribution >= 0.6 is 0 Å². The van der Waals surface area contributed by atoms with Crippen molar-refractivity contribution in [3.05, 3.63) is 35.8 Å². The molecule has 0 saturated carbocycles. The first-order valence-electron chi connectivity index (χ1n) is 3.37. The minimum Gasteiger partial charge on any atom is -0.286 e. The highest BCUT2D eigenvalue weighted by Gasteiger charge is 1.97. The number of rotatable bonds is 0. The number of pyridine rings is 1. The van der Waals surface area contributed by atoms with Crippen LogP contribution in [-0.2, 0) is 0 Å². The highest BCUT2D eigenvalue weighted by Crippen LogP contribution is 2.05. The average molecular weight is 145 g/mol. The molecule has 0 aliphatic carbocycles. The summed E-state index contributed by atoms with van der Waals surface area (Å²) in [4.78, 5) is 4.14. The molecule has 0 fully saturated rings. The molecule has 3 heteroatoms. The summed E-state index contributed by atoms with van der Waals surface area (Å²) in [6.45, 7) is 0. The van der Waals surface area contributed by atoms with Crippen LogP contribution in [-0.4, -0.2) is 11.2 Å². The van der Waals surface area contributed by atoms with Crippen LogP contribution in [0.25, 0.3) is 6.08 Å². The zero-order chi connectivity index (χ0) is 7.52. The molecule has 0 amide bonds. The third kappa shape index (κ3) is 1.12. The normalized spacial score (nSPS) is 13.5. The van der Waals surface area contributed by atoms with Gasteiger partial charge in [-0.15, -0.1) is 0 Å². The van der Waals surface area contributed by atoms with Crippen LogP contribution in [0, 0.1) is 0 Å². The SMILES string of the molecule is C1=Cc2cccnc2C=NN1. The molecule has 1 N–H and O–H groups in total. The van der Waals surface area contributed by atoms with Crippen molar-refractivity contribution in [3.8, 4) is 0 Å². The Balaban J connectivity index is 2.58. The smallest absolute Gasteiger partial charge is 0.0903 e. The maximum atomic E-state index is 4.14. The van der Waals surface area contributed by atoms with Gasteiger partial charge in [0.25, 0.3) is 0 Å². The van der Waals surface area contributed by atoms with Crippen LogP contribution in [0.5, 0.6) is 0 Å². The zero-order valence-electron chi connectivity index (χ0n) is 5.86. The first-order valence-corrected chi connectivity index (χ1v) is 3.37. The van der Waals surface area contributed by atoms with Gasteiger partial charge in [-0.1, -0.05) is 6.07 Å². The molecule has 0 aromatic carbocycles. The standard InChI is InChI=1S/C8H7N3/c1-2-7-3-5-10-11-6-8(7)9-4-1/h1-6,10H. The monoisotopic (exact) mass is 145 g/mol. The lowest BCUT2D eigenvalue weighted by atomic mass is 10.2. The summed E-state index contributed by atoms with van der Waals surface area (Å²) in [5.41, 5.74) is 4.72. The van der Waals surface area contributed by atoms with E-state index in [-0.39, 0.29) is 0 Å². The number of hydrogen-bond acceptors (Lipinski definition) is 3. The van der Waals surface area contributed by atoms with Crippen molar-refractivity contribution in [2.24, 2.45) is 5.10 Å². The van der Waals surface area contributed by atoms with Crippen molar-refractivity contribution in [2.45, 2.75) is 0 Å². The Bertz CT molecular complexity index is 284. The van der Waals surface area contributed by atoms with Gasteiger partial charge in [-0.3, -0.25) is 10.4 Å². The molecule has 0 radical (unpaired) electrons. The van der Waals surface area contributed by atoms with Crippen molar-refractivity contribution in [2.75, 3.05) is 0 Å². The number of nitrogens with one attached hydrogen (secondary N) is 1. The van der Waals surface area contributed by atoms with Crippen LogP contribution in [0.15, 0.2) is 29.6 Å². The van der Waals surface area contributed by atoms with Gasteiger partial charge in [0.15, 0.2) is 0 Å². The van der Waals surface area contributed by atoms with Gasteiger partial charge in [0, 0.05) is 18.0 Å². The molecule has 0 bridgehead atoms. The second kappa shape index (κ2) is 2.54. The molecule has 2 heterocycles. The van der Waals surface area contributed by atoms with Crippen LogP contribution in [0.1, 0.15) is 11.3 Å². The molecule has 1 aromatic heterocycles. The minimum absolute atomic E-state index is 0.897. The molecule has 2 rings (SSSR count). The van der Waals surface area contributed by atoms with Crippen molar-refractivity contribution in [1.82, 2.24) is 10.4 Å². The third-order valence-electron chi connectivity index (χ3n) is 1.47.